The maximum absolute atomic E-state index is 3.50. The Bertz CT molecular complexity index is 1920. The SMILES string of the molecule is CC(C)(C)c1ccc([C](=[Zr+2])c2ccc(C(C)(C)C)cc2)cc1.CC1(C)[C-]=Cc2cc3c(cc21)Cc1cc2c(cc1-3)C=CC2(C)C.[Cl-].[Cl-].c1cc[cH-]c1. The number of hydrogen-bond acceptors (Lipinski definition) is 0. The fraction of sp³-hybridized carbons (Fsp3) is 0.306. The summed E-state index contributed by atoms with van der Waals surface area (Å²) in [7, 11) is 0. The summed E-state index contributed by atoms with van der Waals surface area (Å²) in [5, 5.41) is 0. The molecule has 0 atom stereocenters. The van der Waals surface area contributed by atoms with Crippen LogP contribution in [0, 0.1) is 6.08 Å². The molecule has 8 rings (SSSR count). The fourth-order valence-electron chi connectivity index (χ4n) is 7.16. The molecule has 0 nitrogen and oxygen atoms in total. The normalized spacial score (nSPS) is 15.0. The van der Waals surface area contributed by atoms with Crippen molar-refractivity contribution in [2.24, 2.45) is 0 Å². The van der Waals surface area contributed by atoms with Crippen molar-refractivity contribution in [3.8, 4) is 11.1 Å². The number of benzene rings is 4. The Morgan fingerprint density at radius 2 is 1.12 bits per heavy atom. The summed E-state index contributed by atoms with van der Waals surface area (Å²) in [6.45, 7) is 22.7. The zero-order valence-corrected chi connectivity index (χ0v) is 36.5. The van der Waals surface area contributed by atoms with E-state index in [0.29, 0.717) is 0 Å². The van der Waals surface area contributed by atoms with Crippen LogP contribution in [0.25, 0.3) is 23.3 Å². The van der Waals surface area contributed by atoms with E-state index in [4.69, 9.17) is 0 Å². The van der Waals surface area contributed by atoms with E-state index in [1.807, 2.05) is 30.3 Å². The Labute approximate surface area is 341 Å². The van der Waals surface area contributed by atoms with Gasteiger partial charge in [0.25, 0.3) is 0 Å². The average molecular weight is 803 g/mol. The molecule has 0 spiro atoms. The van der Waals surface area contributed by atoms with Crippen molar-refractivity contribution >= 4 is 15.4 Å². The van der Waals surface area contributed by atoms with Gasteiger partial charge in [-0.05, 0) is 45.9 Å². The van der Waals surface area contributed by atoms with Gasteiger partial charge in [0.1, 0.15) is 0 Å². The number of rotatable bonds is 2. The minimum atomic E-state index is 0. The van der Waals surface area contributed by atoms with Gasteiger partial charge in [0.05, 0.1) is 0 Å². The van der Waals surface area contributed by atoms with Crippen LogP contribution in [0.2, 0.25) is 0 Å². The topological polar surface area (TPSA) is 0 Å². The molecule has 3 aliphatic rings. The third-order valence-electron chi connectivity index (χ3n) is 10.5. The van der Waals surface area contributed by atoms with Gasteiger partial charge in [-0.1, -0.05) is 57.4 Å². The molecule has 0 N–H and O–H groups in total. The van der Waals surface area contributed by atoms with Crippen LogP contribution in [0.15, 0.2) is 109 Å². The average Bonchev–Trinajstić information content (AvgIpc) is 3.87. The zero-order valence-electron chi connectivity index (χ0n) is 32.5. The first-order chi connectivity index (χ1) is 23.4. The molecule has 0 aliphatic heterocycles. The third-order valence-corrected chi connectivity index (χ3v) is 11.9. The van der Waals surface area contributed by atoms with Gasteiger partial charge in [-0.3, -0.25) is 6.08 Å². The van der Waals surface area contributed by atoms with Crippen LogP contribution in [0.1, 0.15) is 125 Å². The number of fused-ring (bicyclic) bond motifs is 5. The van der Waals surface area contributed by atoms with E-state index in [9.17, 15) is 0 Å². The van der Waals surface area contributed by atoms with E-state index in [1.165, 1.54) is 94.2 Å². The van der Waals surface area contributed by atoms with Crippen molar-refractivity contribution in [1.29, 1.82) is 0 Å². The second-order valence-electron chi connectivity index (χ2n) is 17.3. The maximum atomic E-state index is 3.50. The van der Waals surface area contributed by atoms with Crippen molar-refractivity contribution in [2.45, 2.75) is 97.3 Å². The molecule has 0 unspecified atom stereocenters. The Balaban J connectivity index is 0.000000198. The van der Waals surface area contributed by atoms with Gasteiger partial charge >= 0.3 is 151 Å². The second-order valence-corrected chi connectivity index (χ2v) is 18.6. The molecular weight excluding hydrogens is 751 g/mol. The molecule has 5 aromatic rings. The molecule has 52 heavy (non-hydrogen) atoms. The molecule has 0 radical (unpaired) electrons. The molecule has 3 heteroatoms. The van der Waals surface area contributed by atoms with Gasteiger partial charge < -0.3 is 24.8 Å². The Morgan fingerprint density at radius 1 is 0.654 bits per heavy atom. The largest absolute Gasteiger partial charge is 1.00 e. The molecule has 0 saturated heterocycles. The van der Waals surface area contributed by atoms with E-state index in [2.05, 4.69) is 166 Å². The van der Waals surface area contributed by atoms with Gasteiger partial charge in [0.15, 0.2) is 0 Å². The molecule has 0 amide bonds. The number of hydrogen-bond donors (Lipinski definition) is 0. The monoisotopic (exact) mass is 800 g/mol. The molecule has 268 valence electrons. The minimum absolute atomic E-state index is 0. The summed E-state index contributed by atoms with van der Waals surface area (Å²) in [4.78, 5) is 0. The molecule has 0 aromatic heterocycles. The van der Waals surface area contributed by atoms with Gasteiger partial charge in [-0.25, -0.2) is 18.2 Å². The summed E-state index contributed by atoms with van der Waals surface area (Å²) in [6.07, 6.45) is 11.4. The van der Waals surface area contributed by atoms with Crippen molar-refractivity contribution in [3.05, 3.63) is 171 Å². The maximum Gasteiger partial charge on any atom is 0.00846 e. The number of allylic oxidation sites excluding steroid dienone is 2. The first-order valence-electron chi connectivity index (χ1n) is 18.1. The molecule has 3 aliphatic carbocycles. The molecular formula is C49H52Cl2Zr-2. The first kappa shape index (κ1) is 41.8. The predicted molar refractivity (Wildman–Crippen MR) is 213 cm³/mol. The smallest absolute Gasteiger partial charge is 0.00846 e. The quantitative estimate of drug-likeness (QED) is 0.176. The van der Waals surface area contributed by atoms with Gasteiger partial charge in [-0.2, -0.15) is 23.8 Å². The summed E-state index contributed by atoms with van der Waals surface area (Å²) in [5.41, 5.74) is 17.6. The van der Waals surface area contributed by atoms with Gasteiger partial charge in [-0.15, -0.1) is 11.6 Å². The van der Waals surface area contributed by atoms with E-state index in [-0.39, 0.29) is 46.5 Å². The van der Waals surface area contributed by atoms with Crippen molar-refractivity contribution < 1.29 is 49.0 Å². The van der Waals surface area contributed by atoms with Gasteiger partial charge in [0, 0.05) is 5.41 Å². The summed E-state index contributed by atoms with van der Waals surface area (Å²) >= 11 is 1.46. The molecule has 0 fully saturated rings. The summed E-state index contributed by atoms with van der Waals surface area (Å²) < 4.78 is 1.42. The second kappa shape index (κ2) is 15.8. The molecule has 0 heterocycles. The number of halogens is 2. The fourth-order valence-corrected chi connectivity index (χ4v) is 7.98. The Kier molecular flexibility index (Phi) is 12.7. The van der Waals surface area contributed by atoms with Crippen LogP contribution >= 0.6 is 0 Å². The molecule has 0 bridgehead atoms. The van der Waals surface area contributed by atoms with Crippen LogP contribution in [0.3, 0.4) is 0 Å². The first-order valence-corrected chi connectivity index (χ1v) is 19.3. The van der Waals surface area contributed by atoms with E-state index >= 15 is 0 Å². The van der Waals surface area contributed by atoms with Crippen molar-refractivity contribution in [3.63, 3.8) is 0 Å². The Hall–Kier alpha value is -2.96. The van der Waals surface area contributed by atoms with Gasteiger partial charge in [0.2, 0.25) is 0 Å². The van der Waals surface area contributed by atoms with Crippen LogP contribution in [0.4, 0.5) is 0 Å². The van der Waals surface area contributed by atoms with Crippen LogP contribution in [-0.4, -0.2) is 3.21 Å². The van der Waals surface area contributed by atoms with Crippen molar-refractivity contribution in [1.82, 2.24) is 0 Å². The van der Waals surface area contributed by atoms with Crippen molar-refractivity contribution in [2.75, 3.05) is 0 Å². The molecule has 0 saturated carbocycles. The Morgan fingerprint density at radius 3 is 1.56 bits per heavy atom. The van der Waals surface area contributed by atoms with Crippen LogP contribution in [0.5, 0.6) is 0 Å². The van der Waals surface area contributed by atoms with Crippen LogP contribution in [-0.2, 0) is 52.3 Å². The minimum Gasteiger partial charge on any atom is -1.00 e. The zero-order chi connectivity index (χ0) is 36.1. The third kappa shape index (κ3) is 8.87. The summed E-state index contributed by atoms with van der Waals surface area (Å²) in [5.74, 6) is 0. The summed E-state index contributed by atoms with van der Waals surface area (Å²) in [6, 6.07) is 37.8. The van der Waals surface area contributed by atoms with Crippen LogP contribution < -0.4 is 24.8 Å². The van der Waals surface area contributed by atoms with E-state index in [1.54, 1.807) is 0 Å². The molecule has 5 aromatic carbocycles. The standard InChI is InChI=1S/C23H21.C21H26.C5H5.2ClH.Zr/c1-22(2)7-5-14-10-18-16(12-20(14)22)9-17-13-21-15(11-19(17)18)6-8-23(21,3)4;1-20(2,3)18-11-7-16(8-12-18)15-17-9-13-19(14-10-17)21(4,5)6;1-2-4-5-3-1;;;/h5-7,10-13H,9H2,1-4H3;7-14H,1-6H3;1-5H;2*1H;/q-1;;-1;;;+2/p-2. The predicted octanol–water partition coefficient (Wildman–Crippen LogP) is 6.48. The van der Waals surface area contributed by atoms with E-state index in [0.717, 1.165) is 6.42 Å². The van der Waals surface area contributed by atoms with E-state index < -0.39 is 0 Å².